The van der Waals surface area contributed by atoms with E-state index in [9.17, 15) is 0 Å². The third kappa shape index (κ3) is 3.81. The molecular formula is C6H14N2. The zero-order chi connectivity index (χ0) is 6.41. The molecule has 0 bridgehead atoms. The largest absolute Gasteiger partial charge is 0.310 e. The summed E-state index contributed by atoms with van der Waals surface area (Å²) >= 11 is 0. The lowest BCUT2D eigenvalue weighted by atomic mass is 10.2. The number of aliphatic imine (C=N–C) groups is 1. The molecule has 0 saturated heterocycles. The summed E-state index contributed by atoms with van der Waals surface area (Å²) < 4.78 is 0. The van der Waals surface area contributed by atoms with Gasteiger partial charge in [0.25, 0.3) is 0 Å². The molecule has 48 valence electrons. The van der Waals surface area contributed by atoms with E-state index < -0.39 is 0 Å². The Morgan fingerprint density at radius 2 is 2.38 bits per heavy atom. The second-order valence-corrected chi connectivity index (χ2v) is 1.89. The Balaban J connectivity index is 2.98. The molecule has 0 rings (SSSR count). The van der Waals surface area contributed by atoms with Crippen LogP contribution in [0.1, 0.15) is 26.2 Å². The molecule has 0 aliphatic rings. The molecule has 0 spiro atoms. The fraction of sp³-hybridized carbons (Fsp3) is 0.833. The van der Waals surface area contributed by atoms with Crippen molar-refractivity contribution in [3.05, 3.63) is 0 Å². The van der Waals surface area contributed by atoms with Crippen molar-refractivity contribution in [1.29, 1.82) is 0 Å². The van der Waals surface area contributed by atoms with Crippen LogP contribution in [0.2, 0.25) is 0 Å². The fourth-order valence-electron chi connectivity index (χ4n) is 0.505. The summed E-state index contributed by atoms with van der Waals surface area (Å²) in [6.07, 6.45) is 3.28. The van der Waals surface area contributed by atoms with Gasteiger partial charge in [0.15, 0.2) is 0 Å². The molecule has 0 heterocycles. The van der Waals surface area contributed by atoms with Gasteiger partial charge >= 0.3 is 0 Å². The second-order valence-electron chi connectivity index (χ2n) is 1.89. The minimum Gasteiger partial charge on any atom is -0.310 e. The topological polar surface area (TPSA) is 38.4 Å². The van der Waals surface area contributed by atoms with Crippen LogP contribution in [0.3, 0.4) is 0 Å². The SMILES string of the molecule is C=NC(N)CCCC. The summed E-state index contributed by atoms with van der Waals surface area (Å²) in [5.74, 6) is 0. The summed E-state index contributed by atoms with van der Waals surface area (Å²) in [5, 5.41) is 0. The zero-order valence-corrected chi connectivity index (χ0v) is 5.43. The molecule has 0 saturated carbocycles. The Bertz CT molecular complexity index is 61.5. The minimum absolute atomic E-state index is 0.0325. The molecule has 2 nitrogen and oxygen atoms in total. The fourth-order valence-corrected chi connectivity index (χ4v) is 0.505. The van der Waals surface area contributed by atoms with Crippen molar-refractivity contribution >= 4 is 6.72 Å². The van der Waals surface area contributed by atoms with Gasteiger partial charge < -0.3 is 5.73 Å². The normalized spacial score (nSPS) is 13.2. The van der Waals surface area contributed by atoms with Crippen molar-refractivity contribution in [3.8, 4) is 0 Å². The van der Waals surface area contributed by atoms with Gasteiger partial charge in [-0.1, -0.05) is 19.8 Å². The smallest absolute Gasteiger partial charge is 0.0962 e. The van der Waals surface area contributed by atoms with Crippen LogP contribution in [0.4, 0.5) is 0 Å². The highest BCUT2D eigenvalue weighted by molar-refractivity contribution is 5.23. The Morgan fingerprint density at radius 3 is 2.75 bits per heavy atom. The van der Waals surface area contributed by atoms with Crippen LogP contribution in [0.15, 0.2) is 4.99 Å². The monoisotopic (exact) mass is 114 g/mol. The van der Waals surface area contributed by atoms with E-state index in [1.165, 1.54) is 6.42 Å². The Hall–Kier alpha value is -0.370. The molecule has 0 aliphatic heterocycles. The van der Waals surface area contributed by atoms with Gasteiger partial charge in [-0.25, -0.2) is 0 Å². The Labute approximate surface area is 50.8 Å². The van der Waals surface area contributed by atoms with Crippen LogP contribution in [0.5, 0.6) is 0 Å². The molecule has 0 aromatic carbocycles. The Kier molecular flexibility index (Phi) is 4.56. The van der Waals surface area contributed by atoms with Crippen molar-refractivity contribution in [2.24, 2.45) is 10.7 Å². The molecule has 0 amide bonds. The van der Waals surface area contributed by atoms with Gasteiger partial charge in [-0.2, -0.15) is 0 Å². The predicted molar refractivity (Wildman–Crippen MR) is 37.0 cm³/mol. The summed E-state index contributed by atoms with van der Waals surface area (Å²) in [4.78, 5) is 3.65. The van der Waals surface area contributed by atoms with Crippen molar-refractivity contribution in [2.45, 2.75) is 32.4 Å². The van der Waals surface area contributed by atoms with E-state index in [1.807, 2.05) is 0 Å². The first-order valence-electron chi connectivity index (χ1n) is 3.02. The van der Waals surface area contributed by atoms with E-state index in [0.717, 1.165) is 12.8 Å². The average Bonchev–Trinajstić information content (AvgIpc) is 1.83. The maximum Gasteiger partial charge on any atom is 0.0962 e. The first-order valence-corrected chi connectivity index (χ1v) is 3.02. The van der Waals surface area contributed by atoms with E-state index in [4.69, 9.17) is 5.73 Å². The number of nitrogens with two attached hydrogens (primary N) is 1. The highest BCUT2D eigenvalue weighted by atomic mass is 14.9. The lowest BCUT2D eigenvalue weighted by molar-refractivity contribution is 0.600. The second kappa shape index (κ2) is 4.78. The maximum atomic E-state index is 5.43. The molecule has 8 heavy (non-hydrogen) atoms. The van der Waals surface area contributed by atoms with Crippen molar-refractivity contribution < 1.29 is 0 Å². The van der Waals surface area contributed by atoms with Gasteiger partial charge in [0.2, 0.25) is 0 Å². The number of hydrogen-bond donors (Lipinski definition) is 1. The van der Waals surface area contributed by atoms with Crippen LogP contribution in [0.25, 0.3) is 0 Å². The summed E-state index contributed by atoms with van der Waals surface area (Å²) in [6.45, 7) is 5.47. The molecule has 0 aliphatic carbocycles. The molecule has 1 atom stereocenters. The summed E-state index contributed by atoms with van der Waals surface area (Å²) in [7, 11) is 0. The summed E-state index contributed by atoms with van der Waals surface area (Å²) in [6, 6.07) is 0. The number of nitrogens with zero attached hydrogens (tertiary/aromatic N) is 1. The third-order valence-electron chi connectivity index (χ3n) is 1.09. The average molecular weight is 114 g/mol. The van der Waals surface area contributed by atoms with Crippen molar-refractivity contribution in [3.63, 3.8) is 0 Å². The summed E-state index contributed by atoms with van der Waals surface area (Å²) in [5.41, 5.74) is 5.43. The third-order valence-corrected chi connectivity index (χ3v) is 1.09. The quantitative estimate of drug-likeness (QED) is 0.547. The maximum absolute atomic E-state index is 5.43. The van der Waals surface area contributed by atoms with E-state index in [0.29, 0.717) is 0 Å². The van der Waals surface area contributed by atoms with Crippen molar-refractivity contribution in [2.75, 3.05) is 0 Å². The number of unbranched alkanes of at least 4 members (excludes halogenated alkanes) is 1. The van der Waals surface area contributed by atoms with Gasteiger partial charge in [0, 0.05) is 0 Å². The van der Waals surface area contributed by atoms with E-state index in [2.05, 4.69) is 18.6 Å². The minimum atomic E-state index is -0.0325. The standard InChI is InChI=1S/C6H14N2/c1-3-4-5-6(7)8-2/h6H,2-5,7H2,1H3. The molecular weight excluding hydrogens is 100 g/mol. The molecule has 2 heteroatoms. The molecule has 0 radical (unpaired) electrons. The molecule has 0 fully saturated rings. The van der Waals surface area contributed by atoms with E-state index in [-0.39, 0.29) is 6.17 Å². The predicted octanol–water partition coefficient (Wildman–Crippen LogP) is 1.16. The van der Waals surface area contributed by atoms with Gasteiger partial charge in [-0.05, 0) is 13.1 Å². The lowest BCUT2D eigenvalue weighted by Gasteiger charge is -2.01. The van der Waals surface area contributed by atoms with Gasteiger partial charge in [-0.3, -0.25) is 4.99 Å². The van der Waals surface area contributed by atoms with Crippen LogP contribution in [-0.2, 0) is 0 Å². The number of hydrogen-bond acceptors (Lipinski definition) is 2. The molecule has 0 aromatic heterocycles. The highest BCUT2D eigenvalue weighted by Gasteiger charge is 1.92. The lowest BCUT2D eigenvalue weighted by Crippen LogP contribution is -2.15. The van der Waals surface area contributed by atoms with E-state index >= 15 is 0 Å². The van der Waals surface area contributed by atoms with Crippen LogP contribution >= 0.6 is 0 Å². The first-order chi connectivity index (χ1) is 3.81. The van der Waals surface area contributed by atoms with Crippen LogP contribution in [-0.4, -0.2) is 12.9 Å². The molecule has 2 N–H and O–H groups in total. The Morgan fingerprint density at radius 1 is 1.75 bits per heavy atom. The van der Waals surface area contributed by atoms with Gasteiger partial charge in [0.1, 0.15) is 0 Å². The first kappa shape index (κ1) is 7.63. The van der Waals surface area contributed by atoms with E-state index in [1.54, 1.807) is 0 Å². The molecule has 1 unspecified atom stereocenters. The number of rotatable bonds is 4. The molecule has 0 aromatic rings. The van der Waals surface area contributed by atoms with Gasteiger partial charge in [-0.15, -0.1) is 0 Å². The van der Waals surface area contributed by atoms with Crippen LogP contribution < -0.4 is 5.73 Å². The van der Waals surface area contributed by atoms with Gasteiger partial charge in [0.05, 0.1) is 6.17 Å². The van der Waals surface area contributed by atoms with Crippen LogP contribution in [0, 0.1) is 0 Å². The van der Waals surface area contributed by atoms with Crippen molar-refractivity contribution in [1.82, 2.24) is 0 Å². The zero-order valence-electron chi connectivity index (χ0n) is 5.43. The highest BCUT2D eigenvalue weighted by Crippen LogP contribution is 1.96.